The summed E-state index contributed by atoms with van der Waals surface area (Å²) in [5.41, 5.74) is 3.16. The third-order valence-corrected chi connectivity index (χ3v) is 3.90. The second kappa shape index (κ2) is 8.31. The third-order valence-electron chi connectivity index (χ3n) is 3.66. The summed E-state index contributed by atoms with van der Waals surface area (Å²) in [5, 5.41) is 6.65. The second-order valence-corrected chi connectivity index (χ2v) is 6.00. The van der Waals surface area contributed by atoms with Crippen LogP contribution in [0.4, 0.5) is 11.4 Å². The van der Waals surface area contributed by atoms with Crippen molar-refractivity contribution in [1.29, 1.82) is 0 Å². The molecule has 3 rings (SSSR count). The quantitative estimate of drug-likeness (QED) is 0.680. The van der Waals surface area contributed by atoms with E-state index < -0.39 is 0 Å². The number of hydrogen-bond donors (Lipinski definition) is 2. The highest BCUT2D eigenvalue weighted by molar-refractivity contribution is 6.30. The molecule has 0 spiro atoms. The first kappa shape index (κ1) is 17.0. The highest BCUT2D eigenvalue weighted by Gasteiger charge is 2.07. The largest absolute Gasteiger partial charge is 0.383 e. The molecule has 0 aliphatic heterocycles. The summed E-state index contributed by atoms with van der Waals surface area (Å²) in [5.74, 6) is -0.266. The van der Waals surface area contributed by atoms with Gasteiger partial charge >= 0.3 is 0 Å². The van der Waals surface area contributed by atoms with Gasteiger partial charge in [-0.3, -0.25) is 4.79 Å². The summed E-state index contributed by atoms with van der Waals surface area (Å²) in [4.78, 5) is 16.4. The van der Waals surface area contributed by atoms with Crippen molar-refractivity contribution in [3.63, 3.8) is 0 Å². The van der Waals surface area contributed by atoms with E-state index >= 15 is 0 Å². The van der Waals surface area contributed by atoms with Gasteiger partial charge < -0.3 is 10.6 Å². The first-order chi connectivity index (χ1) is 12.2. The Morgan fingerprint density at radius 2 is 1.80 bits per heavy atom. The van der Waals surface area contributed by atoms with Gasteiger partial charge in [-0.2, -0.15) is 0 Å². The molecule has 0 aliphatic rings. The molecular formula is C20H18ClN3O. The molecule has 0 atom stereocenters. The predicted molar refractivity (Wildman–Crippen MR) is 102 cm³/mol. The maximum absolute atomic E-state index is 12.2. The minimum Gasteiger partial charge on any atom is -0.383 e. The van der Waals surface area contributed by atoms with Crippen LogP contribution in [0.1, 0.15) is 16.1 Å². The van der Waals surface area contributed by atoms with Gasteiger partial charge in [0, 0.05) is 17.3 Å². The number of pyridine rings is 1. The van der Waals surface area contributed by atoms with Crippen LogP contribution >= 0.6 is 11.6 Å². The number of amides is 1. The highest BCUT2D eigenvalue weighted by Crippen LogP contribution is 2.16. The van der Waals surface area contributed by atoms with Gasteiger partial charge in [-0.15, -0.1) is 0 Å². The Morgan fingerprint density at radius 1 is 0.960 bits per heavy atom. The molecule has 0 bridgehead atoms. The lowest BCUT2D eigenvalue weighted by Crippen LogP contribution is -2.14. The molecule has 3 aromatic rings. The SMILES string of the molecule is O=C(Nc1cccc(Cl)c1)c1ccc(NCCc2ccccc2)cn1. The zero-order chi connectivity index (χ0) is 17.5. The van der Waals surface area contributed by atoms with Crippen LogP contribution in [0.3, 0.4) is 0 Å². The van der Waals surface area contributed by atoms with Gasteiger partial charge in [0.15, 0.2) is 0 Å². The molecule has 0 unspecified atom stereocenters. The molecule has 1 heterocycles. The van der Waals surface area contributed by atoms with Crippen LogP contribution in [0.5, 0.6) is 0 Å². The smallest absolute Gasteiger partial charge is 0.274 e. The number of carbonyl (C=O) groups excluding carboxylic acids is 1. The fourth-order valence-corrected chi connectivity index (χ4v) is 2.58. The van der Waals surface area contributed by atoms with E-state index in [2.05, 4.69) is 27.8 Å². The molecule has 4 nitrogen and oxygen atoms in total. The van der Waals surface area contributed by atoms with Crippen LogP contribution in [0.25, 0.3) is 0 Å². The molecule has 2 N–H and O–H groups in total. The van der Waals surface area contributed by atoms with Crippen molar-refractivity contribution in [2.45, 2.75) is 6.42 Å². The Kier molecular flexibility index (Phi) is 5.65. The first-order valence-electron chi connectivity index (χ1n) is 8.01. The predicted octanol–water partition coefficient (Wildman–Crippen LogP) is 4.64. The molecule has 0 saturated carbocycles. The highest BCUT2D eigenvalue weighted by atomic mass is 35.5. The molecule has 25 heavy (non-hydrogen) atoms. The number of benzene rings is 2. The minimum absolute atomic E-state index is 0.266. The molecule has 126 valence electrons. The van der Waals surface area contributed by atoms with E-state index in [0.29, 0.717) is 16.4 Å². The lowest BCUT2D eigenvalue weighted by Gasteiger charge is -2.08. The lowest BCUT2D eigenvalue weighted by atomic mass is 10.1. The Morgan fingerprint density at radius 3 is 2.52 bits per heavy atom. The van der Waals surface area contributed by atoms with Crippen LogP contribution in [0.15, 0.2) is 72.9 Å². The molecule has 2 aromatic carbocycles. The summed E-state index contributed by atoms with van der Waals surface area (Å²) in [7, 11) is 0. The molecule has 5 heteroatoms. The van der Waals surface area contributed by atoms with E-state index in [1.807, 2.05) is 24.3 Å². The molecule has 0 aliphatic carbocycles. The van der Waals surface area contributed by atoms with Gasteiger partial charge in [0.05, 0.1) is 11.9 Å². The average molecular weight is 352 g/mol. The number of halogens is 1. The van der Waals surface area contributed by atoms with Crippen molar-refractivity contribution in [1.82, 2.24) is 4.98 Å². The number of nitrogens with one attached hydrogen (secondary N) is 2. The normalized spacial score (nSPS) is 10.3. The summed E-state index contributed by atoms with van der Waals surface area (Å²) < 4.78 is 0. The Hall–Kier alpha value is -2.85. The van der Waals surface area contributed by atoms with E-state index in [1.54, 1.807) is 36.5 Å². The Balaban J connectivity index is 1.53. The average Bonchev–Trinajstić information content (AvgIpc) is 2.63. The summed E-state index contributed by atoms with van der Waals surface area (Å²) >= 11 is 5.91. The van der Waals surface area contributed by atoms with Crippen molar-refractivity contribution < 1.29 is 4.79 Å². The standard InChI is InChI=1S/C20H18ClN3O/c21-16-7-4-8-17(13-16)24-20(25)19-10-9-18(14-23-19)22-12-11-15-5-2-1-3-6-15/h1-10,13-14,22H,11-12H2,(H,24,25). The van der Waals surface area contributed by atoms with E-state index in [0.717, 1.165) is 18.7 Å². The van der Waals surface area contributed by atoms with Gasteiger partial charge in [0.25, 0.3) is 5.91 Å². The van der Waals surface area contributed by atoms with E-state index in [1.165, 1.54) is 5.56 Å². The molecule has 1 aromatic heterocycles. The third kappa shape index (κ3) is 5.06. The summed E-state index contributed by atoms with van der Waals surface area (Å²) in [6, 6.07) is 20.8. The van der Waals surface area contributed by atoms with E-state index in [4.69, 9.17) is 11.6 Å². The zero-order valence-electron chi connectivity index (χ0n) is 13.6. The van der Waals surface area contributed by atoms with Crippen LogP contribution in [-0.4, -0.2) is 17.4 Å². The van der Waals surface area contributed by atoms with Crippen LogP contribution in [-0.2, 0) is 6.42 Å². The number of carbonyl (C=O) groups is 1. The zero-order valence-corrected chi connectivity index (χ0v) is 14.3. The molecule has 0 radical (unpaired) electrons. The second-order valence-electron chi connectivity index (χ2n) is 5.56. The van der Waals surface area contributed by atoms with Gasteiger partial charge in [-0.25, -0.2) is 4.98 Å². The number of nitrogens with zero attached hydrogens (tertiary/aromatic N) is 1. The molecule has 0 fully saturated rings. The van der Waals surface area contributed by atoms with Crippen molar-refractivity contribution in [2.24, 2.45) is 0 Å². The van der Waals surface area contributed by atoms with E-state index in [9.17, 15) is 4.79 Å². The van der Waals surface area contributed by atoms with Crippen LogP contribution in [0, 0.1) is 0 Å². The van der Waals surface area contributed by atoms with Crippen molar-refractivity contribution in [3.05, 3.63) is 89.2 Å². The van der Waals surface area contributed by atoms with Gasteiger partial charge in [0.1, 0.15) is 5.69 Å². The number of aromatic nitrogens is 1. The molecule has 0 saturated heterocycles. The fraction of sp³-hybridized carbons (Fsp3) is 0.100. The van der Waals surface area contributed by atoms with Crippen LogP contribution in [0.2, 0.25) is 5.02 Å². The fourth-order valence-electron chi connectivity index (χ4n) is 2.39. The minimum atomic E-state index is -0.266. The maximum atomic E-state index is 12.2. The van der Waals surface area contributed by atoms with Crippen LogP contribution < -0.4 is 10.6 Å². The van der Waals surface area contributed by atoms with Gasteiger partial charge in [-0.1, -0.05) is 48.0 Å². The molecule has 1 amide bonds. The monoisotopic (exact) mass is 351 g/mol. The number of hydrogen-bond acceptors (Lipinski definition) is 3. The van der Waals surface area contributed by atoms with Crippen molar-refractivity contribution in [3.8, 4) is 0 Å². The van der Waals surface area contributed by atoms with Gasteiger partial charge in [-0.05, 0) is 42.3 Å². The van der Waals surface area contributed by atoms with E-state index in [-0.39, 0.29) is 5.91 Å². The first-order valence-corrected chi connectivity index (χ1v) is 8.39. The summed E-state index contributed by atoms with van der Waals surface area (Å²) in [6.07, 6.45) is 2.59. The molecular weight excluding hydrogens is 334 g/mol. The van der Waals surface area contributed by atoms with Crippen molar-refractivity contribution in [2.75, 3.05) is 17.2 Å². The lowest BCUT2D eigenvalue weighted by molar-refractivity contribution is 0.102. The van der Waals surface area contributed by atoms with Crippen molar-refractivity contribution >= 4 is 28.9 Å². The summed E-state index contributed by atoms with van der Waals surface area (Å²) in [6.45, 7) is 0.805. The Bertz CT molecular complexity index is 835. The maximum Gasteiger partial charge on any atom is 0.274 e. The number of anilines is 2. The van der Waals surface area contributed by atoms with Gasteiger partial charge in [0.2, 0.25) is 0 Å². The topological polar surface area (TPSA) is 54.0 Å². The number of rotatable bonds is 6. The Labute approximate surface area is 151 Å².